The molecule has 0 N–H and O–H groups in total. The number of rotatable bonds is 3. The zero-order valence-corrected chi connectivity index (χ0v) is 11.5. The summed E-state index contributed by atoms with van der Waals surface area (Å²) in [6.07, 6.45) is 3.16. The molecule has 0 radical (unpaired) electrons. The Bertz CT molecular complexity index is 545. The predicted octanol–water partition coefficient (Wildman–Crippen LogP) is 4.42. The van der Waals surface area contributed by atoms with Crippen molar-refractivity contribution in [2.45, 2.75) is 18.4 Å². The van der Waals surface area contributed by atoms with Crippen molar-refractivity contribution in [2.75, 3.05) is 0 Å². The molecule has 0 heterocycles. The van der Waals surface area contributed by atoms with Crippen LogP contribution in [-0.4, -0.2) is 12.3 Å². The molecule has 2 heteroatoms. The first-order valence-corrected chi connectivity index (χ1v) is 6.96. The van der Waals surface area contributed by atoms with E-state index in [2.05, 4.69) is 63.4 Å². The minimum Gasteiger partial charge on any atom is -0.289 e. The molecule has 18 heavy (non-hydrogen) atoms. The van der Waals surface area contributed by atoms with E-state index in [4.69, 9.17) is 0 Å². The Kier molecular flexibility index (Phi) is 3.28. The van der Waals surface area contributed by atoms with Crippen molar-refractivity contribution < 1.29 is 0 Å². The van der Waals surface area contributed by atoms with Crippen LogP contribution in [0, 0.1) is 0 Å². The van der Waals surface area contributed by atoms with Crippen LogP contribution in [0.1, 0.15) is 23.5 Å². The summed E-state index contributed by atoms with van der Waals surface area (Å²) < 4.78 is 1.10. The normalized spacial score (nSPS) is 22.3. The van der Waals surface area contributed by atoms with E-state index in [9.17, 15) is 0 Å². The van der Waals surface area contributed by atoms with Crippen molar-refractivity contribution in [1.29, 1.82) is 0 Å². The molecule has 0 spiro atoms. The smallest absolute Gasteiger partial charge is 0.0575 e. The summed E-state index contributed by atoms with van der Waals surface area (Å²) in [6, 6.07) is 19.4. The van der Waals surface area contributed by atoms with Gasteiger partial charge in [0.15, 0.2) is 0 Å². The number of hydrogen-bond donors (Lipinski definition) is 0. The maximum Gasteiger partial charge on any atom is 0.0575 e. The van der Waals surface area contributed by atoms with Crippen molar-refractivity contribution in [2.24, 2.45) is 4.99 Å². The first kappa shape index (κ1) is 11.7. The first-order valence-electron chi connectivity index (χ1n) is 6.16. The van der Waals surface area contributed by atoms with Crippen LogP contribution in [0.4, 0.5) is 0 Å². The van der Waals surface area contributed by atoms with Gasteiger partial charge in [-0.15, -0.1) is 0 Å². The highest BCUT2D eigenvalue weighted by Crippen LogP contribution is 2.43. The Hall–Kier alpha value is -1.41. The highest BCUT2D eigenvalue weighted by molar-refractivity contribution is 9.10. The molecular formula is C16H14BrN. The van der Waals surface area contributed by atoms with Crippen LogP contribution in [0.5, 0.6) is 0 Å². The summed E-state index contributed by atoms with van der Waals surface area (Å²) in [4.78, 5) is 4.65. The van der Waals surface area contributed by atoms with E-state index < -0.39 is 0 Å². The van der Waals surface area contributed by atoms with Gasteiger partial charge < -0.3 is 0 Å². The molecule has 2 aromatic carbocycles. The molecule has 1 nitrogen and oxygen atoms in total. The van der Waals surface area contributed by atoms with Crippen LogP contribution < -0.4 is 0 Å². The van der Waals surface area contributed by atoms with Gasteiger partial charge in [-0.25, -0.2) is 0 Å². The number of hydrogen-bond acceptors (Lipinski definition) is 1. The summed E-state index contributed by atoms with van der Waals surface area (Å²) >= 11 is 3.43. The monoisotopic (exact) mass is 299 g/mol. The Morgan fingerprint density at radius 3 is 2.44 bits per heavy atom. The van der Waals surface area contributed by atoms with E-state index >= 15 is 0 Å². The second-order valence-corrected chi connectivity index (χ2v) is 5.57. The lowest BCUT2D eigenvalue weighted by atomic mass is 10.1. The summed E-state index contributed by atoms with van der Waals surface area (Å²) in [7, 11) is 0. The quantitative estimate of drug-likeness (QED) is 0.744. The molecular weight excluding hydrogens is 286 g/mol. The third kappa shape index (κ3) is 2.70. The van der Waals surface area contributed by atoms with Gasteiger partial charge in [0.25, 0.3) is 0 Å². The third-order valence-electron chi connectivity index (χ3n) is 3.27. The van der Waals surface area contributed by atoms with Crippen molar-refractivity contribution in [3.63, 3.8) is 0 Å². The summed E-state index contributed by atoms with van der Waals surface area (Å²) in [5.74, 6) is 0.623. The molecule has 1 aliphatic rings. The van der Waals surface area contributed by atoms with E-state index in [0.29, 0.717) is 12.0 Å². The maximum absolute atomic E-state index is 4.65. The zero-order chi connectivity index (χ0) is 12.4. The molecule has 3 rings (SSSR count). The van der Waals surface area contributed by atoms with E-state index in [1.165, 1.54) is 12.0 Å². The van der Waals surface area contributed by atoms with Gasteiger partial charge in [0, 0.05) is 16.6 Å². The van der Waals surface area contributed by atoms with Crippen molar-refractivity contribution >= 4 is 22.1 Å². The van der Waals surface area contributed by atoms with Crippen molar-refractivity contribution in [1.82, 2.24) is 0 Å². The Balaban J connectivity index is 1.64. The molecule has 0 amide bonds. The van der Waals surface area contributed by atoms with Gasteiger partial charge >= 0.3 is 0 Å². The molecule has 1 fully saturated rings. The summed E-state index contributed by atoms with van der Waals surface area (Å²) in [5, 5.41) is 0. The average molecular weight is 300 g/mol. The van der Waals surface area contributed by atoms with Crippen LogP contribution in [0.3, 0.4) is 0 Å². The molecule has 1 saturated carbocycles. The fourth-order valence-corrected chi connectivity index (χ4v) is 2.40. The predicted molar refractivity (Wildman–Crippen MR) is 79.3 cm³/mol. The third-order valence-corrected chi connectivity index (χ3v) is 3.80. The van der Waals surface area contributed by atoms with Crippen LogP contribution in [0.2, 0.25) is 0 Å². The van der Waals surface area contributed by atoms with Gasteiger partial charge in [0.1, 0.15) is 0 Å². The standard InChI is InChI=1S/C16H14BrN/c17-14-8-6-12(7-9-14)11-18-16-10-15(16)13-4-2-1-3-5-13/h1-9,11,15-16H,10H2/t15-,16-/m1/s1. The van der Waals surface area contributed by atoms with Gasteiger partial charge in [-0.3, -0.25) is 4.99 Å². The van der Waals surface area contributed by atoms with E-state index in [0.717, 1.165) is 10.0 Å². The lowest BCUT2D eigenvalue weighted by molar-refractivity contribution is 0.995. The van der Waals surface area contributed by atoms with Gasteiger partial charge in [-0.2, -0.15) is 0 Å². The van der Waals surface area contributed by atoms with Crippen LogP contribution in [0.15, 0.2) is 64.1 Å². The molecule has 0 bridgehead atoms. The zero-order valence-electron chi connectivity index (χ0n) is 9.96. The fourth-order valence-electron chi connectivity index (χ4n) is 2.14. The lowest BCUT2D eigenvalue weighted by Gasteiger charge is -1.96. The molecule has 0 unspecified atom stereocenters. The Labute approximate surface area is 116 Å². The molecule has 90 valence electrons. The van der Waals surface area contributed by atoms with Crippen molar-refractivity contribution in [3.05, 3.63) is 70.2 Å². The van der Waals surface area contributed by atoms with Crippen molar-refractivity contribution in [3.8, 4) is 0 Å². The molecule has 2 aromatic rings. The fraction of sp³-hybridized carbons (Fsp3) is 0.188. The highest BCUT2D eigenvalue weighted by atomic mass is 79.9. The summed E-state index contributed by atoms with van der Waals surface area (Å²) in [5.41, 5.74) is 2.58. The molecule has 1 aliphatic carbocycles. The van der Waals surface area contributed by atoms with E-state index in [1.54, 1.807) is 0 Å². The molecule has 0 aromatic heterocycles. The average Bonchev–Trinajstić information content (AvgIpc) is 3.19. The molecule has 0 aliphatic heterocycles. The number of benzene rings is 2. The number of halogens is 1. The van der Waals surface area contributed by atoms with Gasteiger partial charge in [-0.05, 0) is 29.7 Å². The van der Waals surface area contributed by atoms with Crippen LogP contribution in [-0.2, 0) is 0 Å². The van der Waals surface area contributed by atoms with E-state index in [1.807, 2.05) is 18.3 Å². The minimum atomic E-state index is 0.469. The van der Waals surface area contributed by atoms with Gasteiger partial charge in [0.05, 0.1) is 6.04 Å². The first-order chi connectivity index (χ1) is 8.83. The lowest BCUT2D eigenvalue weighted by Crippen LogP contribution is -1.87. The SMILES string of the molecule is Brc1ccc(C=N[C@@H]2C[C@@H]2c2ccccc2)cc1. The van der Waals surface area contributed by atoms with Crippen LogP contribution in [0.25, 0.3) is 0 Å². The largest absolute Gasteiger partial charge is 0.289 e. The van der Waals surface area contributed by atoms with E-state index in [-0.39, 0.29) is 0 Å². The number of aliphatic imine (C=N–C) groups is 1. The highest BCUT2D eigenvalue weighted by Gasteiger charge is 2.37. The second kappa shape index (κ2) is 5.07. The van der Waals surface area contributed by atoms with Gasteiger partial charge in [-0.1, -0.05) is 58.4 Å². The molecule has 2 atom stereocenters. The number of nitrogens with zero attached hydrogens (tertiary/aromatic N) is 1. The second-order valence-electron chi connectivity index (χ2n) is 4.65. The summed E-state index contributed by atoms with van der Waals surface area (Å²) in [6.45, 7) is 0. The maximum atomic E-state index is 4.65. The van der Waals surface area contributed by atoms with Crippen LogP contribution >= 0.6 is 15.9 Å². The Morgan fingerprint density at radius 1 is 1.00 bits per heavy atom. The van der Waals surface area contributed by atoms with Gasteiger partial charge in [0.2, 0.25) is 0 Å². The minimum absolute atomic E-state index is 0.469. The Morgan fingerprint density at radius 2 is 1.72 bits per heavy atom. The molecule has 0 saturated heterocycles. The topological polar surface area (TPSA) is 12.4 Å².